The predicted molar refractivity (Wildman–Crippen MR) is 31.7 cm³/mol. The standard InChI is InChI=1S/C6H12O2.Ce/c1-3-4-5(2)6(7)8;/h5H,3-4H2,1-2H3,(H,7,8);. The molecule has 0 aromatic carbocycles. The number of rotatable bonds is 3. The molecule has 0 spiro atoms. The first-order valence-electron chi connectivity index (χ1n) is 2.91. The van der Waals surface area contributed by atoms with Crippen molar-refractivity contribution in [3.63, 3.8) is 0 Å². The fourth-order valence-corrected chi connectivity index (χ4v) is 0.556. The SMILES string of the molecule is CCCC(C)C(=O)O.[Ce]. The number of hydrogen-bond donors (Lipinski definition) is 1. The molecule has 1 N–H and O–H groups in total. The minimum Gasteiger partial charge on any atom is -0.481 e. The molecule has 0 saturated heterocycles. The monoisotopic (exact) mass is 256 g/mol. The van der Waals surface area contributed by atoms with Gasteiger partial charge in [-0.25, -0.2) is 0 Å². The zero-order valence-corrected chi connectivity index (χ0v) is 8.99. The van der Waals surface area contributed by atoms with E-state index in [1.807, 2.05) is 6.92 Å². The zero-order valence-electron chi connectivity index (χ0n) is 5.85. The van der Waals surface area contributed by atoms with Crippen molar-refractivity contribution in [3.05, 3.63) is 0 Å². The Hall–Kier alpha value is 0.847. The van der Waals surface area contributed by atoms with Crippen LogP contribution in [-0.2, 0) is 4.79 Å². The summed E-state index contributed by atoms with van der Waals surface area (Å²) in [5.74, 6) is -0.855. The number of hydrogen-bond acceptors (Lipinski definition) is 1. The third-order valence-electron chi connectivity index (χ3n) is 1.14. The molecular weight excluding hydrogens is 244 g/mol. The second-order valence-corrected chi connectivity index (χ2v) is 2.03. The van der Waals surface area contributed by atoms with Crippen LogP contribution >= 0.6 is 0 Å². The summed E-state index contributed by atoms with van der Waals surface area (Å²) in [5, 5.41) is 8.31. The largest absolute Gasteiger partial charge is 0.481 e. The van der Waals surface area contributed by atoms with E-state index in [1.165, 1.54) is 0 Å². The van der Waals surface area contributed by atoms with Gasteiger partial charge in [0.05, 0.1) is 5.92 Å². The van der Waals surface area contributed by atoms with E-state index in [-0.39, 0.29) is 47.7 Å². The Labute approximate surface area is 89.4 Å². The summed E-state index contributed by atoms with van der Waals surface area (Å²) in [6.07, 6.45) is 1.74. The molecule has 0 fully saturated rings. The van der Waals surface area contributed by atoms with Crippen LogP contribution in [0, 0.1) is 47.7 Å². The van der Waals surface area contributed by atoms with E-state index in [4.69, 9.17) is 5.11 Å². The van der Waals surface area contributed by atoms with Crippen LogP contribution < -0.4 is 0 Å². The summed E-state index contributed by atoms with van der Waals surface area (Å²) in [7, 11) is 0. The van der Waals surface area contributed by atoms with Crippen molar-refractivity contribution in [1.29, 1.82) is 0 Å². The first-order valence-corrected chi connectivity index (χ1v) is 2.91. The molecule has 9 heavy (non-hydrogen) atoms. The quantitative estimate of drug-likeness (QED) is 0.831. The third-order valence-corrected chi connectivity index (χ3v) is 1.14. The van der Waals surface area contributed by atoms with Gasteiger partial charge in [0, 0.05) is 41.7 Å². The van der Waals surface area contributed by atoms with Crippen LogP contribution in [0.25, 0.3) is 0 Å². The summed E-state index contributed by atoms with van der Waals surface area (Å²) in [6.45, 7) is 3.71. The molecule has 0 aliphatic carbocycles. The van der Waals surface area contributed by atoms with Crippen LogP contribution in [-0.4, -0.2) is 11.1 Å². The van der Waals surface area contributed by atoms with Gasteiger partial charge in [0.1, 0.15) is 0 Å². The van der Waals surface area contributed by atoms with Crippen molar-refractivity contribution in [2.45, 2.75) is 26.7 Å². The van der Waals surface area contributed by atoms with E-state index < -0.39 is 5.97 Å². The molecule has 0 radical (unpaired) electrons. The zero-order chi connectivity index (χ0) is 6.57. The predicted octanol–water partition coefficient (Wildman–Crippen LogP) is 1.51. The van der Waals surface area contributed by atoms with E-state index in [2.05, 4.69) is 0 Å². The van der Waals surface area contributed by atoms with Gasteiger partial charge in [-0.3, -0.25) is 4.79 Å². The average molecular weight is 256 g/mol. The Morgan fingerprint density at radius 3 is 2.22 bits per heavy atom. The van der Waals surface area contributed by atoms with E-state index in [1.54, 1.807) is 6.92 Å². The summed E-state index contributed by atoms with van der Waals surface area (Å²) >= 11 is 0. The van der Waals surface area contributed by atoms with Gasteiger partial charge in [0.25, 0.3) is 0 Å². The number of carbonyl (C=O) groups is 1. The van der Waals surface area contributed by atoms with Gasteiger partial charge in [-0.15, -0.1) is 0 Å². The molecule has 1 atom stereocenters. The van der Waals surface area contributed by atoms with E-state index in [0.717, 1.165) is 12.8 Å². The molecule has 3 heteroatoms. The second kappa shape index (κ2) is 6.96. The minimum absolute atomic E-state index is 0. The van der Waals surface area contributed by atoms with Crippen LogP contribution in [0.1, 0.15) is 26.7 Å². The van der Waals surface area contributed by atoms with Crippen molar-refractivity contribution < 1.29 is 51.6 Å². The Kier molecular flexibility index (Phi) is 9.68. The normalized spacial score (nSPS) is 11.8. The fourth-order valence-electron chi connectivity index (χ4n) is 0.556. The number of aliphatic carboxylic acids is 1. The summed E-state index contributed by atoms with van der Waals surface area (Å²) in [6, 6.07) is 0. The van der Waals surface area contributed by atoms with Crippen molar-refractivity contribution in [2.75, 3.05) is 0 Å². The molecule has 0 aromatic heterocycles. The van der Waals surface area contributed by atoms with E-state index in [9.17, 15) is 4.79 Å². The molecular formula is C6H12CeO2. The van der Waals surface area contributed by atoms with Crippen LogP contribution in [0.15, 0.2) is 0 Å². The Morgan fingerprint density at radius 2 is 2.11 bits per heavy atom. The van der Waals surface area contributed by atoms with Crippen LogP contribution in [0.5, 0.6) is 0 Å². The third kappa shape index (κ3) is 6.74. The second-order valence-electron chi connectivity index (χ2n) is 2.03. The van der Waals surface area contributed by atoms with Gasteiger partial charge in [0.2, 0.25) is 0 Å². The first-order chi connectivity index (χ1) is 3.68. The molecule has 0 aliphatic heterocycles. The molecule has 0 aromatic rings. The summed E-state index contributed by atoms with van der Waals surface area (Å²) in [4.78, 5) is 10.1. The van der Waals surface area contributed by atoms with E-state index >= 15 is 0 Å². The van der Waals surface area contributed by atoms with Crippen molar-refractivity contribution in [3.8, 4) is 0 Å². The summed E-state index contributed by atoms with van der Waals surface area (Å²) in [5.41, 5.74) is 0. The van der Waals surface area contributed by atoms with Gasteiger partial charge in [-0.2, -0.15) is 0 Å². The topological polar surface area (TPSA) is 37.3 Å². The Balaban J connectivity index is 0. The van der Waals surface area contributed by atoms with Gasteiger partial charge in [0.15, 0.2) is 0 Å². The molecule has 0 saturated carbocycles. The number of carboxylic acid groups (broad SMARTS) is 1. The molecule has 2 nitrogen and oxygen atoms in total. The maximum absolute atomic E-state index is 10.1. The molecule has 0 rings (SSSR count). The smallest absolute Gasteiger partial charge is 0.306 e. The van der Waals surface area contributed by atoms with Crippen LogP contribution in [0.3, 0.4) is 0 Å². The number of carboxylic acids is 1. The Bertz CT molecular complexity index is 83.1. The van der Waals surface area contributed by atoms with Crippen molar-refractivity contribution in [1.82, 2.24) is 0 Å². The van der Waals surface area contributed by atoms with Crippen molar-refractivity contribution in [2.24, 2.45) is 5.92 Å². The first kappa shape index (κ1) is 12.5. The molecule has 0 aliphatic rings. The molecule has 52 valence electrons. The Morgan fingerprint density at radius 1 is 1.67 bits per heavy atom. The van der Waals surface area contributed by atoms with Gasteiger partial charge in [-0.1, -0.05) is 20.3 Å². The van der Waals surface area contributed by atoms with Gasteiger partial charge < -0.3 is 5.11 Å². The maximum atomic E-state index is 10.1. The van der Waals surface area contributed by atoms with Gasteiger partial charge in [-0.05, 0) is 6.42 Å². The molecule has 0 heterocycles. The molecule has 0 bridgehead atoms. The van der Waals surface area contributed by atoms with E-state index in [0.29, 0.717) is 0 Å². The van der Waals surface area contributed by atoms with Gasteiger partial charge >= 0.3 is 5.97 Å². The average Bonchev–Trinajstić information content (AvgIpc) is 1.67. The molecule has 0 amide bonds. The minimum atomic E-state index is -0.688. The van der Waals surface area contributed by atoms with Crippen LogP contribution in [0.2, 0.25) is 0 Å². The summed E-state index contributed by atoms with van der Waals surface area (Å²) < 4.78 is 0. The molecule has 1 unspecified atom stereocenters. The van der Waals surface area contributed by atoms with Crippen LogP contribution in [0.4, 0.5) is 0 Å². The van der Waals surface area contributed by atoms with Crippen molar-refractivity contribution >= 4 is 5.97 Å². The fraction of sp³-hybridized carbons (Fsp3) is 0.833. The maximum Gasteiger partial charge on any atom is 0.306 e.